The van der Waals surface area contributed by atoms with Crippen molar-refractivity contribution in [2.75, 3.05) is 13.1 Å². The van der Waals surface area contributed by atoms with Crippen LogP contribution in [0, 0.1) is 6.92 Å². The van der Waals surface area contributed by atoms with Crippen LogP contribution < -0.4 is 10.6 Å². The minimum atomic E-state index is -1.30. The molecule has 4 rings (SSSR count). The van der Waals surface area contributed by atoms with Gasteiger partial charge in [0, 0.05) is 36.1 Å². The number of hydrogen-bond acceptors (Lipinski definition) is 4. The number of aromatic nitrogens is 1. The van der Waals surface area contributed by atoms with E-state index in [0.29, 0.717) is 25.4 Å². The number of aromatic amines is 1. The zero-order chi connectivity index (χ0) is 29.1. The number of piperidine rings is 1. The highest BCUT2D eigenvalue weighted by Crippen LogP contribution is 2.29. The van der Waals surface area contributed by atoms with Crippen LogP contribution in [0.1, 0.15) is 70.2 Å². The Labute approximate surface area is 236 Å². The Bertz CT molecular complexity index is 1350. The summed E-state index contributed by atoms with van der Waals surface area (Å²) in [7, 11) is 0. The van der Waals surface area contributed by atoms with Gasteiger partial charge in [-0.1, -0.05) is 48.5 Å². The molecular weight excluding hydrogens is 504 g/mol. The third kappa shape index (κ3) is 7.03. The maximum atomic E-state index is 14.0. The van der Waals surface area contributed by atoms with Crippen LogP contribution in [0.4, 0.5) is 4.79 Å². The first-order valence-corrected chi connectivity index (χ1v) is 14.1. The number of para-hydroxylation sites is 1. The summed E-state index contributed by atoms with van der Waals surface area (Å²) < 4.78 is 5.36. The lowest BCUT2D eigenvalue weighted by atomic mass is 9.89. The number of benzene rings is 2. The van der Waals surface area contributed by atoms with Crippen molar-refractivity contribution in [3.63, 3.8) is 0 Å². The lowest BCUT2D eigenvalue weighted by Crippen LogP contribution is -2.60. The van der Waals surface area contributed by atoms with E-state index in [4.69, 9.17) is 4.74 Å². The number of carbonyl (C=O) groups is 3. The normalized spacial score (nSPS) is 15.5. The zero-order valence-electron chi connectivity index (χ0n) is 24.5. The molecule has 8 nitrogen and oxygen atoms in total. The summed E-state index contributed by atoms with van der Waals surface area (Å²) in [4.78, 5) is 45.2. The van der Waals surface area contributed by atoms with Gasteiger partial charge in [-0.05, 0) is 77.5 Å². The molecule has 214 valence electrons. The molecule has 1 atom stereocenters. The summed E-state index contributed by atoms with van der Waals surface area (Å²) in [5.41, 5.74) is 2.24. The third-order valence-corrected chi connectivity index (χ3v) is 7.50. The molecule has 1 unspecified atom stereocenters. The minimum Gasteiger partial charge on any atom is -0.444 e. The summed E-state index contributed by atoms with van der Waals surface area (Å²) in [6.07, 6.45) is 1.38. The van der Waals surface area contributed by atoms with Gasteiger partial charge in [0.25, 0.3) is 0 Å². The van der Waals surface area contributed by atoms with Crippen molar-refractivity contribution in [2.45, 2.75) is 83.9 Å². The van der Waals surface area contributed by atoms with Crippen molar-refractivity contribution in [2.24, 2.45) is 0 Å². The molecule has 1 saturated heterocycles. The number of carbonyl (C=O) groups excluding carboxylic acids is 3. The average molecular weight is 547 g/mol. The fraction of sp³-hybridized carbons (Fsp3) is 0.469. The lowest BCUT2D eigenvalue weighted by Gasteiger charge is -2.36. The highest BCUT2D eigenvalue weighted by Gasteiger charge is 2.37. The van der Waals surface area contributed by atoms with Crippen molar-refractivity contribution < 1.29 is 19.1 Å². The standard InChI is InChI=1S/C32H42N4O4/c1-21-25(24-14-10-11-15-26(24)33-21)20-27(34-29(38)32(5,6)35-30(39)40-31(2,3)4)28(37)36-18-16-23(17-19-36)22-12-8-7-9-13-22/h7-15,23,27,33H,16-20H2,1-6H3,(H,34,38)(H,35,39). The van der Waals surface area contributed by atoms with Gasteiger partial charge in [-0.2, -0.15) is 0 Å². The summed E-state index contributed by atoms with van der Waals surface area (Å²) in [6.45, 7) is 11.7. The van der Waals surface area contributed by atoms with Gasteiger partial charge in [0.15, 0.2) is 0 Å². The van der Waals surface area contributed by atoms with E-state index in [1.807, 2.05) is 42.2 Å². The van der Waals surface area contributed by atoms with Gasteiger partial charge in [0.2, 0.25) is 11.8 Å². The first-order valence-electron chi connectivity index (χ1n) is 14.1. The van der Waals surface area contributed by atoms with E-state index < -0.39 is 29.2 Å². The second kappa shape index (κ2) is 11.7. The number of nitrogens with zero attached hydrogens (tertiary/aromatic N) is 1. The molecule has 0 saturated carbocycles. The largest absolute Gasteiger partial charge is 0.444 e. The van der Waals surface area contributed by atoms with Gasteiger partial charge in [-0.3, -0.25) is 9.59 Å². The first kappa shape index (κ1) is 29.2. The zero-order valence-corrected chi connectivity index (χ0v) is 24.5. The molecule has 1 fully saturated rings. The van der Waals surface area contributed by atoms with E-state index in [1.165, 1.54) is 5.56 Å². The number of amides is 3. The highest BCUT2D eigenvalue weighted by atomic mass is 16.6. The number of ether oxygens (including phenoxy) is 1. The third-order valence-electron chi connectivity index (χ3n) is 7.50. The molecule has 0 aliphatic carbocycles. The van der Waals surface area contributed by atoms with Crippen LogP contribution in [0.2, 0.25) is 0 Å². The van der Waals surface area contributed by atoms with E-state index in [1.54, 1.807) is 34.6 Å². The molecule has 1 aromatic heterocycles. The molecule has 1 aliphatic heterocycles. The highest BCUT2D eigenvalue weighted by molar-refractivity contribution is 5.94. The number of nitrogens with one attached hydrogen (secondary N) is 3. The number of likely N-dealkylation sites (tertiary alicyclic amines) is 1. The van der Waals surface area contributed by atoms with Crippen LogP contribution in [0.15, 0.2) is 54.6 Å². The quantitative estimate of drug-likeness (QED) is 0.378. The van der Waals surface area contributed by atoms with Crippen LogP contribution in [0.3, 0.4) is 0 Å². The minimum absolute atomic E-state index is 0.113. The fourth-order valence-corrected chi connectivity index (χ4v) is 5.33. The van der Waals surface area contributed by atoms with E-state index in [2.05, 4.69) is 39.9 Å². The van der Waals surface area contributed by atoms with Crippen LogP contribution in [-0.2, 0) is 20.7 Å². The molecule has 0 spiro atoms. The van der Waals surface area contributed by atoms with Gasteiger partial charge >= 0.3 is 6.09 Å². The molecule has 0 bridgehead atoms. The van der Waals surface area contributed by atoms with Gasteiger partial charge < -0.3 is 25.3 Å². The summed E-state index contributed by atoms with van der Waals surface area (Å²) in [6, 6.07) is 17.6. The van der Waals surface area contributed by atoms with Gasteiger partial charge in [0.05, 0.1) is 0 Å². The average Bonchev–Trinajstić information content (AvgIpc) is 3.21. The van der Waals surface area contributed by atoms with Crippen LogP contribution >= 0.6 is 0 Å². The van der Waals surface area contributed by atoms with E-state index in [9.17, 15) is 14.4 Å². The fourth-order valence-electron chi connectivity index (χ4n) is 5.33. The van der Waals surface area contributed by atoms with Gasteiger partial charge in [0.1, 0.15) is 17.2 Å². The molecule has 8 heteroatoms. The Balaban J connectivity index is 1.53. The van der Waals surface area contributed by atoms with Gasteiger partial charge in [-0.25, -0.2) is 4.79 Å². The number of fused-ring (bicyclic) bond motifs is 1. The summed E-state index contributed by atoms with van der Waals surface area (Å²) in [5, 5.41) is 6.67. The van der Waals surface area contributed by atoms with E-state index in [-0.39, 0.29) is 5.91 Å². The van der Waals surface area contributed by atoms with Gasteiger partial charge in [-0.15, -0.1) is 0 Å². The van der Waals surface area contributed by atoms with Crippen molar-refractivity contribution in [1.29, 1.82) is 0 Å². The Morgan fingerprint density at radius 2 is 1.60 bits per heavy atom. The number of rotatable bonds is 7. The van der Waals surface area contributed by atoms with Crippen molar-refractivity contribution in [3.05, 3.63) is 71.4 Å². The molecule has 1 aliphatic rings. The number of H-pyrrole nitrogens is 1. The molecule has 3 amide bonds. The van der Waals surface area contributed by atoms with E-state index in [0.717, 1.165) is 35.0 Å². The van der Waals surface area contributed by atoms with Crippen molar-refractivity contribution >= 4 is 28.8 Å². The summed E-state index contributed by atoms with van der Waals surface area (Å²) >= 11 is 0. The Kier molecular flexibility index (Phi) is 8.57. The maximum Gasteiger partial charge on any atom is 0.408 e. The number of aryl methyl sites for hydroxylation is 1. The molecule has 3 N–H and O–H groups in total. The van der Waals surface area contributed by atoms with Crippen LogP contribution in [-0.4, -0.2) is 58.1 Å². The van der Waals surface area contributed by atoms with Crippen molar-refractivity contribution in [3.8, 4) is 0 Å². The Hall–Kier alpha value is -3.81. The number of alkyl carbamates (subject to hydrolysis) is 1. The second-order valence-corrected chi connectivity index (χ2v) is 12.3. The Morgan fingerprint density at radius 1 is 0.975 bits per heavy atom. The lowest BCUT2D eigenvalue weighted by molar-refractivity contribution is -0.138. The topological polar surface area (TPSA) is 104 Å². The van der Waals surface area contributed by atoms with Crippen molar-refractivity contribution in [1.82, 2.24) is 20.5 Å². The molecule has 2 aromatic carbocycles. The Morgan fingerprint density at radius 3 is 2.25 bits per heavy atom. The first-order chi connectivity index (χ1) is 18.8. The number of hydrogen-bond donors (Lipinski definition) is 3. The van der Waals surface area contributed by atoms with Crippen LogP contribution in [0.5, 0.6) is 0 Å². The second-order valence-electron chi connectivity index (χ2n) is 12.3. The molecule has 0 radical (unpaired) electrons. The molecule has 3 aromatic rings. The van der Waals surface area contributed by atoms with Crippen LogP contribution in [0.25, 0.3) is 10.9 Å². The summed E-state index contributed by atoms with van der Waals surface area (Å²) in [5.74, 6) is -0.155. The molecule has 2 heterocycles. The van der Waals surface area contributed by atoms with E-state index >= 15 is 0 Å². The predicted octanol–water partition coefficient (Wildman–Crippen LogP) is 5.21. The maximum absolute atomic E-state index is 14.0. The predicted molar refractivity (Wildman–Crippen MR) is 157 cm³/mol. The molecular formula is C32H42N4O4. The smallest absolute Gasteiger partial charge is 0.408 e. The monoisotopic (exact) mass is 546 g/mol. The SMILES string of the molecule is Cc1[nH]c2ccccc2c1CC(NC(=O)C(C)(C)NC(=O)OC(C)(C)C)C(=O)N1CCC(c2ccccc2)CC1. The molecule has 40 heavy (non-hydrogen) atoms.